The molecule has 5 amide bonds. The summed E-state index contributed by atoms with van der Waals surface area (Å²) in [6.45, 7) is 4.76. The maximum atomic E-state index is 15.6. The van der Waals surface area contributed by atoms with Gasteiger partial charge in [-0.25, -0.2) is 14.4 Å². The molecule has 384 valence electrons. The fourth-order valence-corrected chi connectivity index (χ4v) is 10.1. The summed E-state index contributed by atoms with van der Waals surface area (Å²) in [4.78, 5) is 91.7. The molecule has 4 aromatic carbocycles. The molecule has 18 nitrogen and oxygen atoms in total. The number of piperidine rings is 2. The van der Waals surface area contributed by atoms with Crippen molar-refractivity contribution in [1.82, 2.24) is 29.7 Å². The van der Waals surface area contributed by atoms with Crippen molar-refractivity contribution in [3.63, 3.8) is 0 Å². The Bertz CT molecular complexity index is 3350. The number of benzene rings is 4. The summed E-state index contributed by atoms with van der Waals surface area (Å²) in [6.07, 6.45) is -1.35. The highest BCUT2D eigenvalue weighted by atomic mass is 19.4. The number of fused-ring (bicyclic) bond motifs is 3. The molecular weight excluding hydrogens is 973 g/mol. The second-order valence-corrected chi connectivity index (χ2v) is 18.8. The van der Waals surface area contributed by atoms with Gasteiger partial charge in [0.25, 0.3) is 11.8 Å². The largest absolute Gasteiger partial charge is 0.573 e. The van der Waals surface area contributed by atoms with E-state index in [1.165, 1.54) is 48.0 Å². The number of alkyl halides is 3. The molecule has 2 N–H and O–H groups in total. The van der Waals surface area contributed by atoms with E-state index >= 15 is 4.39 Å². The molecule has 3 saturated heterocycles. The smallest absolute Gasteiger partial charge is 0.493 e. The molecule has 2 aromatic heterocycles. The van der Waals surface area contributed by atoms with Gasteiger partial charge in [0.2, 0.25) is 29.0 Å². The average Bonchev–Trinajstić information content (AvgIpc) is 3.68. The van der Waals surface area contributed by atoms with E-state index in [2.05, 4.69) is 30.2 Å². The normalized spacial score (nSPS) is 17.3. The predicted octanol–water partition coefficient (Wildman–Crippen LogP) is 6.79. The Morgan fingerprint density at radius 2 is 1.66 bits per heavy atom. The lowest BCUT2D eigenvalue weighted by molar-refractivity contribution is -0.274. The van der Waals surface area contributed by atoms with Crippen LogP contribution in [0.2, 0.25) is 0 Å². The van der Waals surface area contributed by atoms with Gasteiger partial charge < -0.3 is 43.5 Å². The molecule has 74 heavy (non-hydrogen) atoms. The van der Waals surface area contributed by atoms with Crippen LogP contribution in [0.1, 0.15) is 64.1 Å². The van der Waals surface area contributed by atoms with Crippen molar-refractivity contribution in [2.45, 2.75) is 58.0 Å². The van der Waals surface area contributed by atoms with E-state index < -0.39 is 41.2 Å². The van der Waals surface area contributed by atoms with Crippen molar-refractivity contribution < 1.29 is 60.5 Å². The molecule has 0 spiro atoms. The van der Waals surface area contributed by atoms with E-state index in [4.69, 9.17) is 14.2 Å². The number of nitrogens with zero attached hydrogens (tertiary/aromatic N) is 6. The molecular formula is C52H48F4N8O10. The fraction of sp³-hybridized carbons (Fsp3) is 0.346. The molecule has 1 unspecified atom stereocenters. The zero-order chi connectivity index (χ0) is 52.2. The number of carbonyl (C=O) groups is 5. The maximum Gasteiger partial charge on any atom is 0.573 e. The summed E-state index contributed by atoms with van der Waals surface area (Å²) in [5, 5.41) is 5.01. The highest BCUT2D eigenvalue weighted by Gasteiger charge is 2.40. The van der Waals surface area contributed by atoms with Crippen molar-refractivity contribution in [3.05, 3.63) is 111 Å². The number of rotatable bonds is 13. The van der Waals surface area contributed by atoms with Crippen LogP contribution in [0.3, 0.4) is 0 Å². The maximum absolute atomic E-state index is 15.6. The second-order valence-electron chi connectivity index (χ2n) is 18.8. The molecule has 0 radical (unpaired) electrons. The van der Waals surface area contributed by atoms with Gasteiger partial charge in [-0.1, -0.05) is 0 Å². The number of methoxy groups -OCH3 is 1. The van der Waals surface area contributed by atoms with Crippen molar-refractivity contribution in [1.29, 1.82) is 0 Å². The number of likely N-dealkylation sites (tertiary alicyclic amines) is 1. The molecule has 22 heteroatoms. The molecule has 6 heterocycles. The van der Waals surface area contributed by atoms with Crippen LogP contribution >= 0.6 is 0 Å². The topological polar surface area (TPSA) is 204 Å². The number of pyridine rings is 1. The first-order valence-electron chi connectivity index (χ1n) is 23.8. The Morgan fingerprint density at radius 1 is 0.878 bits per heavy atom. The Labute approximate surface area is 419 Å². The number of aryl methyl sites for hydroxylation is 1. The number of hydrogen-bond donors (Lipinski definition) is 2. The summed E-state index contributed by atoms with van der Waals surface area (Å²) in [6, 6.07) is 15.1. The summed E-state index contributed by atoms with van der Waals surface area (Å²) in [7, 11) is 3.01. The molecule has 4 aliphatic heterocycles. The second kappa shape index (κ2) is 19.6. The quantitative estimate of drug-likeness (QED) is 0.0906. The van der Waals surface area contributed by atoms with Crippen LogP contribution in [0.4, 0.5) is 28.9 Å². The van der Waals surface area contributed by atoms with Crippen LogP contribution in [0.25, 0.3) is 21.8 Å². The van der Waals surface area contributed by atoms with Gasteiger partial charge in [-0.15, -0.1) is 13.2 Å². The monoisotopic (exact) mass is 1020 g/mol. The minimum Gasteiger partial charge on any atom is -0.493 e. The van der Waals surface area contributed by atoms with Gasteiger partial charge in [0.05, 0.1) is 35.5 Å². The lowest BCUT2D eigenvalue weighted by atomic mass is 9.92. The van der Waals surface area contributed by atoms with Crippen molar-refractivity contribution in [3.8, 4) is 28.9 Å². The number of hydrogen-bond acceptors (Lipinski definition) is 13. The number of nitrogens with one attached hydrogen (secondary N) is 2. The third-order valence-corrected chi connectivity index (χ3v) is 14.1. The standard InChI is InChI=1S/C52H48F4N8O10/c1-27-46(47(67)36-19-33(74-52(54,55)56)6-8-39(36)61(27)2)49(69)59-31-4-10-41(37(53)18-31)73-50-35-20-42(71-3)43(21-38(35)57-26-58-50)72-25-28-12-14-62(15-13-28)45(66)16-29-22-63(23-29)32-5-7-34-30(17-32)24-64(51(34)70)40-9-11-44(65)60-48(40)68/h4-8,10,17-21,26,28-29,40H,9,11-16,22-25H2,1-3H3,(H,59,69)(H,60,65,68). The Hall–Kier alpha value is -8.30. The summed E-state index contributed by atoms with van der Waals surface area (Å²) in [5.74, 6) is -2.47. The number of halogens is 4. The summed E-state index contributed by atoms with van der Waals surface area (Å²) >= 11 is 0. The predicted molar refractivity (Wildman–Crippen MR) is 259 cm³/mol. The number of imide groups is 1. The lowest BCUT2D eigenvalue weighted by Gasteiger charge is -2.42. The minimum atomic E-state index is -5.00. The van der Waals surface area contributed by atoms with E-state index in [1.54, 1.807) is 25.2 Å². The lowest BCUT2D eigenvalue weighted by Crippen LogP contribution is -2.52. The summed E-state index contributed by atoms with van der Waals surface area (Å²) < 4.78 is 77.6. The molecule has 10 rings (SSSR count). The van der Waals surface area contributed by atoms with Crippen LogP contribution in [0.15, 0.2) is 77.9 Å². The highest BCUT2D eigenvalue weighted by Crippen LogP contribution is 2.39. The number of anilines is 2. The Balaban J connectivity index is 0.712. The van der Waals surface area contributed by atoms with Crippen LogP contribution in [-0.2, 0) is 28.0 Å². The van der Waals surface area contributed by atoms with Gasteiger partial charge in [-0.3, -0.25) is 34.1 Å². The van der Waals surface area contributed by atoms with Crippen LogP contribution in [-0.4, -0.2) is 106 Å². The van der Waals surface area contributed by atoms with Crippen LogP contribution < -0.4 is 39.9 Å². The molecule has 0 saturated carbocycles. The van der Waals surface area contributed by atoms with Gasteiger partial charge in [-0.2, -0.15) is 0 Å². The minimum absolute atomic E-state index is 0.00708. The van der Waals surface area contributed by atoms with E-state index in [-0.39, 0.29) is 75.5 Å². The Morgan fingerprint density at radius 3 is 2.39 bits per heavy atom. The molecule has 3 fully saturated rings. The highest BCUT2D eigenvalue weighted by molar-refractivity contribution is 6.07. The first kappa shape index (κ1) is 49.3. The van der Waals surface area contributed by atoms with Gasteiger partial charge in [0.15, 0.2) is 23.1 Å². The number of ether oxygens (including phenoxy) is 4. The molecule has 6 aromatic rings. The van der Waals surface area contributed by atoms with E-state index in [1.807, 2.05) is 17.0 Å². The van der Waals surface area contributed by atoms with E-state index in [0.29, 0.717) is 80.1 Å². The van der Waals surface area contributed by atoms with E-state index in [0.717, 1.165) is 42.3 Å². The zero-order valence-electron chi connectivity index (χ0n) is 40.2. The third-order valence-electron chi connectivity index (χ3n) is 14.1. The van der Waals surface area contributed by atoms with Crippen molar-refractivity contribution >= 4 is 62.7 Å². The van der Waals surface area contributed by atoms with Crippen molar-refractivity contribution in [2.75, 3.05) is 50.1 Å². The van der Waals surface area contributed by atoms with Crippen LogP contribution in [0.5, 0.6) is 28.9 Å². The molecule has 1 atom stereocenters. The summed E-state index contributed by atoms with van der Waals surface area (Å²) in [5.41, 5.74) is 2.01. The first-order valence-corrected chi connectivity index (χ1v) is 23.8. The number of carbonyl (C=O) groups excluding carboxylic acids is 5. The average molecular weight is 1020 g/mol. The first-order chi connectivity index (χ1) is 35.4. The molecule has 0 aliphatic carbocycles. The SMILES string of the molecule is COc1cc2c(Oc3ccc(NC(=O)c4c(C)n(C)c5ccc(OC(F)(F)F)cc5c4=O)cc3F)ncnc2cc1OCC1CCN(C(=O)CC2CN(c3ccc4c(c3)CN(C3CCC(=O)NC3=O)C4=O)C2)CC1. The fourth-order valence-electron chi connectivity index (χ4n) is 10.1. The van der Waals surface area contributed by atoms with Crippen LogP contribution in [0, 0.1) is 24.6 Å². The molecule has 0 bridgehead atoms. The van der Waals surface area contributed by atoms with E-state index in [9.17, 15) is 41.9 Å². The Kier molecular flexibility index (Phi) is 13.1. The number of aromatic nitrogens is 3. The third kappa shape index (κ3) is 9.82. The van der Waals surface area contributed by atoms with Gasteiger partial charge in [0, 0.05) is 93.3 Å². The van der Waals surface area contributed by atoms with Gasteiger partial charge in [-0.05, 0) is 92.3 Å². The van der Waals surface area contributed by atoms with Crippen molar-refractivity contribution in [2.24, 2.45) is 18.9 Å². The van der Waals surface area contributed by atoms with Gasteiger partial charge in [0.1, 0.15) is 23.7 Å². The zero-order valence-corrected chi connectivity index (χ0v) is 40.2. The van der Waals surface area contributed by atoms with Gasteiger partial charge >= 0.3 is 6.36 Å². The number of amides is 5. The molecule has 4 aliphatic rings.